The van der Waals surface area contributed by atoms with Crippen LogP contribution in [-0.2, 0) is 5.41 Å². The topological polar surface area (TPSA) is 12.0 Å². The van der Waals surface area contributed by atoms with Gasteiger partial charge in [0.1, 0.15) is 0 Å². The molecular formula is C33H27N. The van der Waals surface area contributed by atoms with Crippen LogP contribution in [0.3, 0.4) is 0 Å². The molecule has 1 aliphatic rings. The van der Waals surface area contributed by atoms with Gasteiger partial charge in [0, 0.05) is 16.8 Å². The molecule has 0 radical (unpaired) electrons. The number of hydrogen-bond donors (Lipinski definition) is 1. The smallest absolute Gasteiger partial charge is 0.0431 e. The first kappa shape index (κ1) is 20.5. The van der Waals surface area contributed by atoms with Gasteiger partial charge in [0.05, 0.1) is 0 Å². The van der Waals surface area contributed by atoms with E-state index in [1.807, 2.05) is 0 Å². The van der Waals surface area contributed by atoms with Crippen molar-refractivity contribution in [2.45, 2.75) is 19.3 Å². The third-order valence-corrected chi connectivity index (χ3v) is 7.05. The van der Waals surface area contributed by atoms with Gasteiger partial charge >= 0.3 is 0 Å². The van der Waals surface area contributed by atoms with E-state index >= 15 is 0 Å². The Morgan fingerprint density at radius 1 is 0.500 bits per heavy atom. The van der Waals surface area contributed by atoms with Crippen LogP contribution in [0.2, 0.25) is 0 Å². The van der Waals surface area contributed by atoms with Gasteiger partial charge in [-0.25, -0.2) is 0 Å². The first-order chi connectivity index (χ1) is 16.6. The number of fused-ring (bicyclic) bond motifs is 3. The summed E-state index contributed by atoms with van der Waals surface area (Å²) in [6.45, 7) is 4.69. The highest BCUT2D eigenvalue weighted by Gasteiger charge is 2.37. The zero-order chi connectivity index (χ0) is 23.1. The zero-order valence-electron chi connectivity index (χ0n) is 19.5. The van der Waals surface area contributed by atoms with E-state index in [1.165, 1.54) is 50.2 Å². The summed E-state index contributed by atoms with van der Waals surface area (Å²) >= 11 is 0. The third kappa shape index (κ3) is 3.41. The molecule has 1 aliphatic carbocycles. The Hall–Kier alpha value is -4.10. The van der Waals surface area contributed by atoms with Crippen LogP contribution >= 0.6 is 0 Å². The average molecular weight is 438 g/mol. The van der Waals surface area contributed by atoms with Crippen LogP contribution < -0.4 is 5.32 Å². The second-order valence-electron chi connectivity index (χ2n) is 9.55. The second kappa shape index (κ2) is 8.04. The molecule has 0 heterocycles. The number of benzene rings is 5. The Kier molecular flexibility index (Phi) is 4.85. The van der Waals surface area contributed by atoms with E-state index < -0.39 is 0 Å². The number of hydrogen-bond acceptors (Lipinski definition) is 1. The number of nitrogens with one attached hydrogen (secondary N) is 1. The van der Waals surface area contributed by atoms with Gasteiger partial charge in [0.15, 0.2) is 0 Å². The van der Waals surface area contributed by atoms with Crippen LogP contribution in [0.15, 0.2) is 121 Å². The molecule has 5 aromatic rings. The molecule has 0 amide bonds. The highest BCUT2D eigenvalue weighted by atomic mass is 14.9. The molecule has 0 unspecified atom stereocenters. The minimum absolute atomic E-state index is 0.0942. The van der Waals surface area contributed by atoms with Crippen LogP contribution in [0.25, 0.3) is 33.4 Å². The van der Waals surface area contributed by atoms with E-state index in [9.17, 15) is 0 Å². The molecule has 34 heavy (non-hydrogen) atoms. The maximum absolute atomic E-state index is 3.72. The Morgan fingerprint density at radius 3 is 1.76 bits per heavy atom. The van der Waals surface area contributed by atoms with Gasteiger partial charge in [-0.05, 0) is 68.8 Å². The van der Waals surface area contributed by atoms with Gasteiger partial charge in [0.25, 0.3) is 0 Å². The number of rotatable bonds is 4. The summed E-state index contributed by atoms with van der Waals surface area (Å²) in [6.07, 6.45) is 0. The van der Waals surface area contributed by atoms with Crippen molar-refractivity contribution in [3.8, 4) is 33.4 Å². The lowest BCUT2D eigenvalue weighted by atomic mass is 9.80. The molecule has 1 heteroatoms. The van der Waals surface area contributed by atoms with E-state index in [-0.39, 0.29) is 5.41 Å². The van der Waals surface area contributed by atoms with Crippen LogP contribution in [0.1, 0.15) is 25.0 Å². The molecule has 164 valence electrons. The molecule has 1 nitrogen and oxygen atoms in total. The summed E-state index contributed by atoms with van der Waals surface area (Å²) < 4.78 is 0. The summed E-state index contributed by atoms with van der Waals surface area (Å²) in [5.74, 6) is 0. The van der Waals surface area contributed by atoms with Crippen molar-refractivity contribution in [2.24, 2.45) is 0 Å². The lowest BCUT2D eigenvalue weighted by Crippen LogP contribution is -2.17. The SMILES string of the molecule is CC1(C)c2cc(-c3ccccc3)ccc2-c2cccc(Nc3ccc(-c4ccccc4)cc3)c21. The largest absolute Gasteiger partial charge is 0.355 e. The molecule has 0 fully saturated rings. The van der Waals surface area contributed by atoms with Gasteiger partial charge in [-0.2, -0.15) is 0 Å². The Labute approximate surface area is 201 Å². The molecule has 0 atom stereocenters. The predicted octanol–water partition coefficient (Wildman–Crippen LogP) is 9.07. The minimum atomic E-state index is -0.0942. The van der Waals surface area contributed by atoms with Crippen LogP contribution in [0.5, 0.6) is 0 Å². The van der Waals surface area contributed by atoms with Gasteiger partial charge in [-0.15, -0.1) is 0 Å². The quantitative estimate of drug-likeness (QED) is 0.296. The molecule has 1 N–H and O–H groups in total. The summed E-state index contributed by atoms with van der Waals surface area (Å²) in [5, 5.41) is 3.72. The fraction of sp³-hybridized carbons (Fsp3) is 0.0909. The Bertz CT molecular complexity index is 1460. The maximum atomic E-state index is 3.72. The van der Waals surface area contributed by atoms with Crippen molar-refractivity contribution in [3.63, 3.8) is 0 Å². The van der Waals surface area contributed by atoms with E-state index in [4.69, 9.17) is 0 Å². The third-order valence-electron chi connectivity index (χ3n) is 7.05. The lowest BCUT2D eigenvalue weighted by molar-refractivity contribution is 0.662. The highest BCUT2D eigenvalue weighted by Crippen LogP contribution is 2.52. The maximum Gasteiger partial charge on any atom is 0.0431 e. The fourth-order valence-electron chi connectivity index (χ4n) is 5.33. The first-order valence-corrected chi connectivity index (χ1v) is 11.9. The Morgan fingerprint density at radius 2 is 1.09 bits per heavy atom. The van der Waals surface area contributed by atoms with E-state index in [2.05, 4.69) is 140 Å². The summed E-state index contributed by atoms with van der Waals surface area (Å²) in [4.78, 5) is 0. The first-order valence-electron chi connectivity index (χ1n) is 11.9. The van der Waals surface area contributed by atoms with Crippen molar-refractivity contribution in [1.82, 2.24) is 0 Å². The molecule has 0 saturated carbocycles. The van der Waals surface area contributed by atoms with Crippen LogP contribution in [0.4, 0.5) is 11.4 Å². The van der Waals surface area contributed by atoms with Crippen molar-refractivity contribution in [3.05, 3.63) is 132 Å². The summed E-state index contributed by atoms with van der Waals surface area (Å²) in [7, 11) is 0. The van der Waals surface area contributed by atoms with Crippen LogP contribution in [0, 0.1) is 0 Å². The Balaban J connectivity index is 1.36. The van der Waals surface area contributed by atoms with Gasteiger partial charge in [-0.1, -0.05) is 111 Å². The molecule has 0 spiro atoms. The lowest BCUT2D eigenvalue weighted by Gasteiger charge is -2.25. The molecule has 0 aromatic heterocycles. The molecular weight excluding hydrogens is 410 g/mol. The standard InChI is InChI=1S/C33H27N/c1-33(2)30-22-26(24-12-7-4-8-13-24)18-21-28(30)29-14-9-15-31(32(29)33)34-27-19-16-25(17-20-27)23-10-5-3-6-11-23/h3-22,34H,1-2H3. The highest BCUT2D eigenvalue weighted by molar-refractivity contribution is 5.88. The van der Waals surface area contributed by atoms with E-state index in [0.717, 1.165) is 5.69 Å². The summed E-state index contributed by atoms with van der Waals surface area (Å²) in [5.41, 5.74) is 12.6. The van der Waals surface area contributed by atoms with Crippen LogP contribution in [-0.4, -0.2) is 0 Å². The van der Waals surface area contributed by atoms with Crippen molar-refractivity contribution in [1.29, 1.82) is 0 Å². The monoisotopic (exact) mass is 437 g/mol. The average Bonchev–Trinajstić information content (AvgIpc) is 3.12. The fourth-order valence-corrected chi connectivity index (χ4v) is 5.33. The van der Waals surface area contributed by atoms with Gasteiger partial charge in [-0.3, -0.25) is 0 Å². The second-order valence-corrected chi connectivity index (χ2v) is 9.55. The van der Waals surface area contributed by atoms with Crippen molar-refractivity contribution < 1.29 is 0 Å². The predicted molar refractivity (Wildman–Crippen MR) is 145 cm³/mol. The molecule has 0 saturated heterocycles. The van der Waals surface area contributed by atoms with Crippen molar-refractivity contribution in [2.75, 3.05) is 5.32 Å². The van der Waals surface area contributed by atoms with Gasteiger partial charge < -0.3 is 5.32 Å². The molecule has 5 aromatic carbocycles. The molecule has 0 aliphatic heterocycles. The van der Waals surface area contributed by atoms with E-state index in [0.29, 0.717) is 0 Å². The van der Waals surface area contributed by atoms with Gasteiger partial charge in [0.2, 0.25) is 0 Å². The van der Waals surface area contributed by atoms with Crippen molar-refractivity contribution >= 4 is 11.4 Å². The summed E-state index contributed by atoms with van der Waals surface area (Å²) in [6, 6.07) is 43.4. The normalized spacial score (nSPS) is 13.2. The minimum Gasteiger partial charge on any atom is -0.355 e. The molecule has 6 rings (SSSR count). The number of anilines is 2. The van der Waals surface area contributed by atoms with E-state index in [1.54, 1.807) is 0 Å². The zero-order valence-corrected chi connectivity index (χ0v) is 19.5. The molecule has 0 bridgehead atoms.